The average Bonchev–Trinajstić information content (AvgIpc) is 2.54. The number of nitriles is 1. The molecule has 2 rings (SSSR count). The molecule has 1 N–H and O–H groups in total. The molecule has 0 spiro atoms. The Balaban J connectivity index is 2.10. The molecule has 1 aromatic rings. The summed E-state index contributed by atoms with van der Waals surface area (Å²) in [5.41, 5.74) is 1.06. The van der Waals surface area contributed by atoms with E-state index in [4.69, 9.17) is 5.26 Å². The molecule has 19 heavy (non-hydrogen) atoms. The zero-order valence-electron chi connectivity index (χ0n) is 11.0. The van der Waals surface area contributed by atoms with Crippen LogP contribution in [0.2, 0.25) is 0 Å². The molecule has 2 unspecified atom stereocenters. The van der Waals surface area contributed by atoms with E-state index in [2.05, 4.69) is 16.4 Å². The summed E-state index contributed by atoms with van der Waals surface area (Å²) >= 11 is 0. The normalized spacial score (nSPS) is 23.8. The van der Waals surface area contributed by atoms with Crippen LogP contribution in [0.3, 0.4) is 0 Å². The maximum Gasteiger partial charge on any atom is 0.241 e. The zero-order chi connectivity index (χ0) is 13.7. The third kappa shape index (κ3) is 3.52. The van der Waals surface area contributed by atoms with Gasteiger partial charge in [-0.05, 0) is 31.0 Å². The molecule has 1 fully saturated rings. The number of amides is 1. The Morgan fingerprint density at radius 3 is 2.95 bits per heavy atom. The van der Waals surface area contributed by atoms with Gasteiger partial charge in [0.15, 0.2) is 0 Å². The summed E-state index contributed by atoms with van der Waals surface area (Å²) in [5, 5.41) is 12.0. The minimum absolute atomic E-state index is 0.0164. The number of nitrogens with one attached hydrogen (secondary N) is 1. The highest BCUT2D eigenvalue weighted by molar-refractivity contribution is 5.82. The standard InChI is InChI=1S/C14H18N4O/c1-11-5-9-18(10-12-3-7-16-8-4-12)14(19)13(17-11)2-6-15/h3-4,7-8,11,13,17H,2,5,9-10H2,1H3. The number of nitrogens with zero attached hydrogens (tertiary/aromatic N) is 3. The number of carbonyl (C=O) groups excluding carboxylic acids is 1. The maximum absolute atomic E-state index is 12.4. The lowest BCUT2D eigenvalue weighted by atomic mass is 10.1. The van der Waals surface area contributed by atoms with E-state index in [0.717, 1.165) is 18.5 Å². The van der Waals surface area contributed by atoms with Crippen LogP contribution in [0.15, 0.2) is 24.5 Å². The topological polar surface area (TPSA) is 69.0 Å². The van der Waals surface area contributed by atoms with Crippen LogP contribution in [0.5, 0.6) is 0 Å². The van der Waals surface area contributed by atoms with Crippen molar-refractivity contribution in [2.45, 2.75) is 38.4 Å². The highest BCUT2D eigenvalue weighted by Gasteiger charge is 2.28. The van der Waals surface area contributed by atoms with Gasteiger partial charge in [-0.3, -0.25) is 9.78 Å². The fourth-order valence-electron chi connectivity index (χ4n) is 2.28. The van der Waals surface area contributed by atoms with E-state index in [1.165, 1.54) is 0 Å². The smallest absolute Gasteiger partial charge is 0.241 e. The molecule has 2 atom stereocenters. The predicted molar refractivity (Wildman–Crippen MR) is 70.9 cm³/mol. The van der Waals surface area contributed by atoms with Gasteiger partial charge in [0.05, 0.1) is 12.5 Å². The molecule has 1 aliphatic rings. The number of hydrogen-bond donors (Lipinski definition) is 1. The van der Waals surface area contributed by atoms with Gasteiger partial charge in [-0.2, -0.15) is 5.26 Å². The summed E-state index contributed by atoms with van der Waals surface area (Å²) in [5.74, 6) is 0.0164. The monoisotopic (exact) mass is 258 g/mol. The molecular formula is C14H18N4O. The van der Waals surface area contributed by atoms with Gasteiger partial charge >= 0.3 is 0 Å². The number of aromatic nitrogens is 1. The van der Waals surface area contributed by atoms with Gasteiger partial charge in [0.1, 0.15) is 6.04 Å². The number of hydrogen-bond acceptors (Lipinski definition) is 4. The molecular weight excluding hydrogens is 240 g/mol. The first kappa shape index (κ1) is 13.5. The van der Waals surface area contributed by atoms with Crippen molar-refractivity contribution in [2.75, 3.05) is 6.54 Å². The lowest BCUT2D eigenvalue weighted by Gasteiger charge is -2.23. The number of pyridine rings is 1. The van der Waals surface area contributed by atoms with Crippen molar-refractivity contribution in [3.05, 3.63) is 30.1 Å². The fourth-order valence-corrected chi connectivity index (χ4v) is 2.28. The van der Waals surface area contributed by atoms with E-state index in [1.807, 2.05) is 24.0 Å². The summed E-state index contributed by atoms with van der Waals surface area (Å²) < 4.78 is 0. The van der Waals surface area contributed by atoms with Gasteiger partial charge in [-0.1, -0.05) is 0 Å². The van der Waals surface area contributed by atoms with E-state index in [9.17, 15) is 4.79 Å². The highest BCUT2D eigenvalue weighted by atomic mass is 16.2. The van der Waals surface area contributed by atoms with Crippen LogP contribution in [0, 0.1) is 11.3 Å². The van der Waals surface area contributed by atoms with Crippen LogP contribution in [0.4, 0.5) is 0 Å². The van der Waals surface area contributed by atoms with Gasteiger partial charge in [-0.25, -0.2) is 0 Å². The lowest BCUT2D eigenvalue weighted by Crippen LogP contribution is -2.44. The molecule has 1 aliphatic heterocycles. The van der Waals surface area contributed by atoms with Crippen LogP contribution in [-0.2, 0) is 11.3 Å². The van der Waals surface area contributed by atoms with Crippen molar-refractivity contribution >= 4 is 5.91 Å². The maximum atomic E-state index is 12.4. The van der Waals surface area contributed by atoms with E-state index in [0.29, 0.717) is 6.54 Å². The second-order valence-electron chi connectivity index (χ2n) is 4.89. The fraction of sp³-hybridized carbons (Fsp3) is 0.500. The predicted octanol–water partition coefficient (Wildman–Crippen LogP) is 1.07. The summed E-state index contributed by atoms with van der Waals surface area (Å²) in [7, 11) is 0. The van der Waals surface area contributed by atoms with Crippen LogP contribution in [-0.4, -0.2) is 34.4 Å². The van der Waals surface area contributed by atoms with Crippen molar-refractivity contribution < 1.29 is 4.79 Å². The van der Waals surface area contributed by atoms with E-state index in [1.54, 1.807) is 12.4 Å². The third-order valence-corrected chi connectivity index (χ3v) is 3.35. The molecule has 0 aliphatic carbocycles. The van der Waals surface area contributed by atoms with Gasteiger partial charge in [0.25, 0.3) is 0 Å². The SMILES string of the molecule is CC1CCN(Cc2ccncc2)C(=O)C(CC#N)N1. The average molecular weight is 258 g/mol. The Morgan fingerprint density at radius 2 is 2.26 bits per heavy atom. The lowest BCUT2D eigenvalue weighted by molar-refractivity contribution is -0.133. The zero-order valence-corrected chi connectivity index (χ0v) is 11.0. The number of rotatable bonds is 3. The Labute approximate surface area is 113 Å². The summed E-state index contributed by atoms with van der Waals surface area (Å²) in [6.45, 7) is 3.35. The molecule has 0 bridgehead atoms. The molecule has 2 heterocycles. The molecule has 0 radical (unpaired) electrons. The highest BCUT2D eigenvalue weighted by Crippen LogP contribution is 2.13. The van der Waals surface area contributed by atoms with Crippen LogP contribution < -0.4 is 5.32 Å². The molecule has 0 saturated carbocycles. The Hall–Kier alpha value is -1.93. The van der Waals surface area contributed by atoms with Gasteiger partial charge in [0, 0.05) is 31.5 Å². The van der Waals surface area contributed by atoms with Crippen LogP contribution in [0.1, 0.15) is 25.3 Å². The molecule has 1 aromatic heterocycles. The third-order valence-electron chi connectivity index (χ3n) is 3.35. The van der Waals surface area contributed by atoms with Gasteiger partial charge < -0.3 is 10.2 Å². The van der Waals surface area contributed by atoms with Crippen molar-refractivity contribution in [3.8, 4) is 6.07 Å². The van der Waals surface area contributed by atoms with Crippen LogP contribution >= 0.6 is 0 Å². The Morgan fingerprint density at radius 1 is 1.53 bits per heavy atom. The van der Waals surface area contributed by atoms with Crippen molar-refractivity contribution in [2.24, 2.45) is 0 Å². The molecule has 1 amide bonds. The second-order valence-corrected chi connectivity index (χ2v) is 4.89. The van der Waals surface area contributed by atoms with E-state index < -0.39 is 0 Å². The van der Waals surface area contributed by atoms with E-state index >= 15 is 0 Å². The van der Waals surface area contributed by atoms with Crippen molar-refractivity contribution in [1.29, 1.82) is 5.26 Å². The Kier molecular flexibility index (Phi) is 4.48. The molecule has 100 valence electrons. The first-order valence-corrected chi connectivity index (χ1v) is 6.51. The van der Waals surface area contributed by atoms with Crippen molar-refractivity contribution in [1.82, 2.24) is 15.2 Å². The summed E-state index contributed by atoms with van der Waals surface area (Å²) in [6, 6.07) is 5.77. The first-order valence-electron chi connectivity index (χ1n) is 6.51. The molecule has 1 saturated heterocycles. The minimum atomic E-state index is -0.385. The second kappa shape index (κ2) is 6.30. The molecule has 0 aromatic carbocycles. The largest absolute Gasteiger partial charge is 0.337 e. The molecule has 5 heteroatoms. The first-order chi connectivity index (χ1) is 9.20. The number of carbonyl (C=O) groups is 1. The quantitative estimate of drug-likeness (QED) is 0.880. The van der Waals surface area contributed by atoms with Crippen molar-refractivity contribution in [3.63, 3.8) is 0 Å². The van der Waals surface area contributed by atoms with Crippen LogP contribution in [0.25, 0.3) is 0 Å². The minimum Gasteiger partial charge on any atom is -0.337 e. The summed E-state index contributed by atoms with van der Waals surface area (Å²) in [6.07, 6.45) is 4.57. The van der Waals surface area contributed by atoms with Gasteiger partial charge in [-0.15, -0.1) is 0 Å². The Bertz CT molecular complexity index is 468. The summed E-state index contributed by atoms with van der Waals surface area (Å²) in [4.78, 5) is 18.2. The molecule has 5 nitrogen and oxygen atoms in total. The van der Waals surface area contributed by atoms with Gasteiger partial charge in [0.2, 0.25) is 5.91 Å². The van der Waals surface area contributed by atoms with E-state index in [-0.39, 0.29) is 24.4 Å².